The number of nitrogens with zero attached hydrogens (tertiary/aromatic N) is 2. The maximum Gasteiger partial charge on any atom is 0.238 e. The molecule has 0 amide bonds. The fraction of sp³-hybridized carbons (Fsp3) is 0.346. The fourth-order valence-corrected chi connectivity index (χ4v) is 4.13. The summed E-state index contributed by atoms with van der Waals surface area (Å²) in [6.07, 6.45) is 2.27. The smallest absolute Gasteiger partial charge is 0.238 e. The number of fused-ring (bicyclic) bond motifs is 1. The van der Waals surface area contributed by atoms with E-state index in [1.165, 1.54) is 0 Å². The van der Waals surface area contributed by atoms with Gasteiger partial charge in [-0.2, -0.15) is 0 Å². The van der Waals surface area contributed by atoms with Gasteiger partial charge in [0.05, 0.1) is 22.8 Å². The van der Waals surface area contributed by atoms with Crippen molar-refractivity contribution in [3.8, 4) is 11.6 Å². The Morgan fingerprint density at radius 2 is 1.78 bits per heavy atom. The van der Waals surface area contributed by atoms with Crippen molar-refractivity contribution < 1.29 is 19.4 Å². The molecule has 2 heterocycles. The lowest BCUT2D eigenvalue weighted by Gasteiger charge is -2.40. The summed E-state index contributed by atoms with van der Waals surface area (Å²) in [6.45, 7) is 11.0. The van der Waals surface area contributed by atoms with E-state index in [4.69, 9.17) is 9.47 Å². The van der Waals surface area contributed by atoms with Crippen LogP contribution in [-0.2, 0) is 16.0 Å². The van der Waals surface area contributed by atoms with Gasteiger partial charge in [0, 0.05) is 0 Å². The standard InChI is InChI=1S/C26H28N2O4/c1-7-16-9-10-17(31-21-14-27-20-12-15(2)8-11-19(20)28-21)13-18(16)22-23(29)25(3,4)32-26(5,6)24(22)30/h8-14,29H,7H2,1-6H3. The Bertz CT molecular complexity index is 1260. The van der Waals surface area contributed by atoms with Gasteiger partial charge < -0.3 is 14.6 Å². The number of hydrogen-bond acceptors (Lipinski definition) is 6. The second-order valence-electron chi connectivity index (χ2n) is 9.15. The highest BCUT2D eigenvalue weighted by Gasteiger charge is 2.47. The number of Topliss-reactive ketones (excluding diaryl/α,β-unsaturated/α-hetero) is 1. The van der Waals surface area contributed by atoms with Gasteiger partial charge in [-0.1, -0.05) is 19.1 Å². The fourth-order valence-electron chi connectivity index (χ4n) is 4.13. The van der Waals surface area contributed by atoms with E-state index in [9.17, 15) is 9.90 Å². The molecule has 6 heteroatoms. The topological polar surface area (TPSA) is 81.5 Å². The van der Waals surface area contributed by atoms with E-state index >= 15 is 0 Å². The van der Waals surface area contributed by atoms with Gasteiger partial charge >= 0.3 is 0 Å². The van der Waals surface area contributed by atoms with Gasteiger partial charge in [-0.05, 0) is 82.0 Å². The zero-order valence-electron chi connectivity index (χ0n) is 19.3. The average Bonchev–Trinajstić information content (AvgIpc) is 2.72. The lowest BCUT2D eigenvalue weighted by Crippen LogP contribution is -2.49. The lowest BCUT2D eigenvalue weighted by atomic mass is 9.81. The number of carbonyl (C=O) groups is 1. The van der Waals surface area contributed by atoms with Crippen molar-refractivity contribution in [3.63, 3.8) is 0 Å². The van der Waals surface area contributed by atoms with Crippen LogP contribution in [0.15, 0.2) is 48.4 Å². The Morgan fingerprint density at radius 3 is 2.50 bits per heavy atom. The Balaban J connectivity index is 1.78. The van der Waals surface area contributed by atoms with Gasteiger partial charge in [0.2, 0.25) is 5.88 Å². The Morgan fingerprint density at radius 1 is 1.03 bits per heavy atom. The maximum atomic E-state index is 13.3. The van der Waals surface area contributed by atoms with Crippen molar-refractivity contribution in [2.24, 2.45) is 0 Å². The van der Waals surface area contributed by atoms with Gasteiger partial charge in [-0.15, -0.1) is 0 Å². The summed E-state index contributed by atoms with van der Waals surface area (Å²) in [5, 5.41) is 11.0. The number of aryl methyl sites for hydroxylation is 2. The molecule has 2 aromatic carbocycles. The van der Waals surface area contributed by atoms with Gasteiger partial charge in [-0.3, -0.25) is 4.79 Å². The van der Waals surface area contributed by atoms with Crippen LogP contribution in [0.1, 0.15) is 51.3 Å². The molecular weight excluding hydrogens is 404 g/mol. The third kappa shape index (κ3) is 3.86. The van der Waals surface area contributed by atoms with Crippen molar-refractivity contribution in [1.29, 1.82) is 0 Å². The van der Waals surface area contributed by atoms with E-state index in [2.05, 4.69) is 9.97 Å². The van der Waals surface area contributed by atoms with E-state index in [0.717, 1.165) is 22.2 Å². The molecule has 0 fully saturated rings. The predicted octanol–water partition coefficient (Wildman–Crippen LogP) is 5.72. The lowest BCUT2D eigenvalue weighted by molar-refractivity contribution is -0.158. The minimum absolute atomic E-state index is 0.0745. The van der Waals surface area contributed by atoms with E-state index in [1.54, 1.807) is 40.0 Å². The van der Waals surface area contributed by atoms with Crippen LogP contribution in [0.4, 0.5) is 0 Å². The number of ether oxygens (including phenoxy) is 2. The second kappa shape index (κ2) is 7.71. The SMILES string of the molecule is CCc1ccc(Oc2cnc3cc(C)ccc3n2)cc1C1=C(O)C(C)(C)OC(C)(C)C1=O. The molecule has 1 N–H and O–H groups in total. The van der Waals surface area contributed by atoms with Crippen LogP contribution in [-0.4, -0.2) is 32.1 Å². The van der Waals surface area contributed by atoms with E-state index in [0.29, 0.717) is 23.6 Å². The second-order valence-corrected chi connectivity index (χ2v) is 9.15. The molecule has 166 valence electrons. The molecule has 1 aliphatic heterocycles. The van der Waals surface area contributed by atoms with Crippen molar-refractivity contribution in [2.45, 2.75) is 59.2 Å². The minimum atomic E-state index is -1.06. The van der Waals surface area contributed by atoms with Crippen LogP contribution >= 0.6 is 0 Å². The predicted molar refractivity (Wildman–Crippen MR) is 124 cm³/mol. The Labute approximate surface area is 187 Å². The normalized spacial score (nSPS) is 17.6. The van der Waals surface area contributed by atoms with Crippen LogP contribution in [0.5, 0.6) is 11.6 Å². The van der Waals surface area contributed by atoms with Gasteiger partial charge in [0.1, 0.15) is 22.7 Å². The molecule has 1 aliphatic rings. The van der Waals surface area contributed by atoms with E-state index in [1.807, 2.05) is 44.2 Å². The number of carbonyl (C=O) groups excluding carboxylic acids is 1. The first-order valence-electron chi connectivity index (χ1n) is 10.7. The molecule has 0 saturated heterocycles. The summed E-state index contributed by atoms with van der Waals surface area (Å²) < 4.78 is 11.9. The van der Waals surface area contributed by atoms with Crippen LogP contribution in [0.2, 0.25) is 0 Å². The number of aliphatic hydroxyl groups is 1. The van der Waals surface area contributed by atoms with Crippen LogP contribution in [0, 0.1) is 6.92 Å². The first-order valence-corrected chi connectivity index (χ1v) is 10.7. The molecule has 0 aliphatic carbocycles. The third-order valence-corrected chi connectivity index (χ3v) is 5.72. The highest BCUT2D eigenvalue weighted by Crippen LogP contribution is 2.41. The summed E-state index contributed by atoms with van der Waals surface area (Å²) in [5.41, 5.74) is 2.44. The van der Waals surface area contributed by atoms with Crippen molar-refractivity contribution in [1.82, 2.24) is 9.97 Å². The zero-order valence-corrected chi connectivity index (χ0v) is 19.3. The summed E-state index contributed by atoms with van der Waals surface area (Å²) in [6, 6.07) is 11.4. The molecule has 4 rings (SSSR count). The summed E-state index contributed by atoms with van der Waals surface area (Å²) in [5.74, 6) is 0.526. The van der Waals surface area contributed by atoms with Crippen molar-refractivity contribution in [2.75, 3.05) is 0 Å². The number of benzene rings is 2. The molecule has 1 aromatic heterocycles. The molecule has 3 aromatic rings. The number of ketones is 1. The molecule has 6 nitrogen and oxygen atoms in total. The minimum Gasteiger partial charge on any atom is -0.508 e. The molecule has 0 radical (unpaired) electrons. The highest BCUT2D eigenvalue weighted by molar-refractivity contribution is 6.26. The van der Waals surface area contributed by atoms with Crippen molar-refractivity contribution in [3.05, 3.63) is 65.0 Å². The Hall–Kier alpha value is -3.25. The van der Waals surface area contributed by atoms with Crippen LogP contribution < -0.4 is 4.74 Å². The average molecular weight is 433 g/mol. The number of aliphatic hydroxyl groups excluding tert-OH is 1. The molecule has 0 unspecified atom stereocenters. The number of aromatic nitrogens is 2. The number of hydrogen-bond donors (Lipinski definition) is 1. The zero-order chi connectivity index (χ0) is 23.3. The molecule has 0 saturated carbocycles. The van der Waals surface area contributed by atoms with Crippen molar-refractivity contribution >= 4 is 22.4 Å². The first-order chi connectivity index (χ1) is 15.0. The monoisotopic (exact) mass is 432 g/mol. The quantitative estimate of drug-likeness (QED) is 0.568. The molecular formula is C26H28N2O4. The van der Waals surface area contributed by atoms with Crippen LogP contribution in [0.3, 0.4) is 0 Å². The maximum absolute atomic E-state index is 13.3. The van der Waals surface area contributed by atoms with E-state index in [-0.39, 0.29) is 17.1 Å². The Kier molecular flexibility index (Phi) is 5.29. The van der Waals surface area contributed by atoms with Gasteiger partial charge in [0.15, 0.2) is 5.78 Å². The summed E-state index contributed by atoms with van der Waals surface area (Å²) in [7, 11) is 0. The molecule has 0 atom stereocenters. The number of rotatable bonds is 4. The van der Waals surface area contributed by atoms with Gasteiger partial charge in [0.25, 0.3) is 0 Å². The molecule has 32 heavy (non-hydrogen) atoms. The summed E-state index contributed by atoms with van der Waals surface area (Å²) in [4.78, 5) is 22.2. The largest absolute Gasteiger partial charge is 0.508 e. The van der Waals surface area contributed by atoms with E-state index < -0.39 is 11.2 Å². The molecule has 0 bridgehead atoms. The highest BCUT2D eigenvalue weighted by atomic mass is 16.5. The van der Waals surface area contributed by atoms with Gasteiger partial charge in [-0.25, -0.2) is 9.97 Å². The third-order valence-electron chi connectivity index (χ3n) is 5.72. The first kappa shape index (κ1) is 22.0. The van der Waals surface area contributed by atoms with Crippen LogP contribution in [0.25, 0.3) is 16.6 Å². The molecule has 0 spiro atoms. The summed E-state index contributed by atoms with van der Waals surface area (Å²) >= 11 is 0.